The summed E-state index contributed by atoms with van der Waals surface area (Å²) < 4.78 is 5.15. The third kappa shape index (κ3) is 6.39. The van der Waals surface area contributed by atoms with Gasteiger partial charge in [-0.1, -0.05) is 18.2 Å². The molecule has 0 aliphatic rings. The van der Waals surface area contributed by atoms with E-state index in [9.17, 15) is 14.7 Å². The Bertz CT molecular complexity index is 1120. The summed E-state index contributed by atoms with van der Waals surface area (Å²) in [4.78, 5) is 34.8. The Morgan fingerprint density at radius 3 is 2.53 bits per heavy atom. The van der Waals surface area contributed by atoms with Crippen LogP contribution in [0.3, 0.4) is 0 Å². The average molecular weight is 437 g/mol. The number of carboxylic acid groups (broad SMARTS) is 1. The number of nitrogen functional groups attached to an aromatic ring is 1. The quantitative estimate of drug-likeness (QED) is 0.366. The van der Waals surface area contributed by atoms with E-state index in [1.807, 2.05) is 6.92 Å². The lowest BCUT2D eigenvalue weighted by Crippen LogP contribution is -2.06. The van der Waals surface area contributed by atoms with Crippen molar-refractivity contribution in [1.82, 2.24) is 15.0 Å². The Labute approximate surface area is 184 Å². The van der Waals surface area contributed by atoms with Crippen LogP contribution in [0.25, 0.3) is 11.4 Å². The van der Waals surface area contributed by atoms with Crippen LogP contribution < -0.4 is 11.1 Å². The number of esters is 1. The van der Waals surface area contributed by atoms with E-state index < -0.39 is 11.9 Å². The highest BCUT2D eigenvalue weighted by atomic mass is 16.5. The number of aliphatic carboxylic acids is 1. The zero-order valence-electron chi connectivity index (χ0n) is 17.4. The topological polar surface area (TPSA) is 161 Å². The number of phenols is 1. The first-order valence-corrected chi connectivity index (χ1v) is 9.85. The fourth-order valence-electron chi connectivity index (χ4n) is 2.85. The molecule has 0 saturated heterocycles. The van der Waals surface area contributed by atoms with Gasteiger partial charge < -0.3 is 26.0 Å². The number of ether oxygens (including phenoxy) is 1. The Balaban J connectivity index is 1.63. The second kappa shape index (κ2) is 10.2. The van der Waals surface area contributed by atoms with E-state index in [-0.39, 0.29) is 43.5 Å². The second-order valence-electron chi connectivity index (χ2n) is 7.07. The van der Waals surface area contributed by atoms with E-state index in [2.05, 4.69) is 20.3 Å². The van der Waals surface area contributed by atoms with E-state index in [1.54, 1.807) is 42.5 Å². The normalized spacial score (nSPS) is 10.5. The van der Waals surface area contributed by atoms with Crippen molar-refractivity contribution in [3.63, 3.8) is 0 Å². The van der Waals surface area contributed by atoms with Gasteiger partial charge in [0, 0.05) is 24.1 Å². The number of aromatic hydroxyl groups is 1. The molecule has 10 nitrogen and oxygen atoms in total. The molecule has 0 bridgehead atoms. The second-order valence-corrected chi connectivity index (χ2v) is 7.07. The minimum absolute atomic E-state index is 0.0340. The number of anilines is 3. The van der Waals surface area contributed by atoms with Crippen molar-refractivity contribution >= 4 is 29.5 Å². The van der Waals surface area contributed by atoms with Crippen LogP contribution in [-0.2, 0) is 20.9 Å². The molecule has 2 aromatic carbocycles. The maximum atomic E-state index is 11.7. The molecule has 0 spiro atoms. The van der Waals surface area contributed by atoms with E-state index in [1.165, 1.54) is 0 Å². The smallest absolute Gasteiger partial charge is 0.306 e. The van der Waals surface area contributed by atoms with Gasteiger partial charge in [-0.15, -0.1) is 0 Å². The van der Waals surface area contributed by atoms with Gasteiger partial charge in [0.15, 0.2) is 5.82 Å². The number of hydrogen-bond donors (Lipinski definition) is 4. The van der Waals surface area contributed by atoms with Gasteiger partial charge in [0.25, 0.3) is 0 Å². The first kappa shape index (κ1) is 22.5. The summed E-state index contributed by atoms with van der Waals surface area (Å²) in [6, 6.07) is 12.0. The van der Waals surface area contributed by atoms with E-state index in [0.29, 0.717) is 17.1 Å². The summed E-state index contributed by atoms with van der Waals surface area (Å²) in [7, 11) is 0. The number of phenolic OH excluding ortho intramolecular Hbond substituents is 1. The molecule has 0 amide bonds. The van der Waals surface area contributed by atoms with Gasteiger partial charge in [-0.3, -0.25) is 9.59 Å². The number of carbonyl (C=O) groups is 2. The number of benzene rings is 2. The van der Waals surface area contributed by atoms with Gasteiger partial charge >= 0.3 is 11.9 Å². The predicted molar refractivity (Wildman–Crippen MR) is 117 cm³/mol. The molecule has 10 heteroatoms. The van der Waals surface area contributed by atoms with Gasteiger partial charge in [0.05, 0.1) is 0 Å². The van der Waals surface area contributed by atoms with Crippen molar-refractivity contribution in [2.24, 2.45) is 0 Å². The monoisotopic (exact) mass is 437 g/mol. The molecule has 0 saturated carbocycles. The third-order valence-electron chi connectivity index (χ3n) is 4.50. The summed E-state index contributed by atoms with van der Waals surface area (Å²) in [5, 5.41) is 21.4. The molecule has 32 heavy (non-hydrogen) atoms. The van der Waals surface area contributed by atoms with Gasteiger partial charge in [0.2, 0.25) is 11.9 Å². The highest BCUT2D eigenvalue weighted by Gasteiger charge is 2.11. The summed E-state index contributed by atoms with van der Waals surface area (Å²) >= 11 is 0. The van der Waals surface area contributed by atoms with Crippen molar-refractivity contribution in [2.75, 3.05) is 11.1 Å². The van der Waals surface area contributed by atoms with Crippen molar-refractivity contribution < 1.29 is 24.5 Å². The van der Waals surface area contributed by atoms with E-state index in [0.717, 1.165) is 11.1 Å². The Morgan fingerprint density at radius 1 is 1.06 bits per heavy atom. The van der Waals surface area contributed by atoms with Gasteiger partial charge in [-0.25, -0.2) is 0 Å². The highest BCUT2D eigenvalue weighted by molar-refractivity contribution is 5.71. The maximum absolute atomic E-state index is 11.7. The fraction of sp³-hybridized carbons (Fsp3) is 0.227. The van der Waals surface area contributed by atoms with Crippen LogP contribution in [-0.4, -0.2) is 37.1 Å². The van der Waals surface area contributed by atoms with Gasteiger partial charge in [0.1, 0.15) is 12.4 Å². The standard InChI is InChI=1S/C22H23N5O5/c1-13-5-10-16(28)11-17(13)20-25-21(23)27-22(26-20)24-15-8-6-14(7-9-15)12-32-19(31)4-2-3-18(29)30/h5-11,28H,2-4,12H2,1H3,(H,29,30)(H3,23,24,25,26,27). The molecule has 166 valence electrons. The molecule has 0 radical (unpaired) electrons. The van der Waals surface area contributed by atoms with E-state index in [4.69, 9.17) is 15.6 Å². The molecular weight excluding hydrogens is 414 g/mol. The van der Waals surface area contributed by atoms with Crippen molar-refractivity contribution in [3.8, 4) is 17.1 Å². The highest BCUT2D eigenvalue weighted by Crippen LogP contribution is 2.26. The number of aryl methyl sites for hydroxylation is 1. The molecule has 1 heterocycles. The van der Waals surface area contributed by atoms with Crippen LogP contribution in [0.15, 0.2) is 42.5 Å². The molecule has 5 N–H and O–H groups in total. The predicted octanol–water partition coefficient (Wildman–Crippen LogP) is 3.18. The molecule has 0 fully saturated rings. The first-order valence-electron chi connectivity index (χ1n) is 9.85. The van der Waals surface area contributed by atoms with Crippen molar-refractivity contribution in [3.05, 3.63) is 53.6 Å². The van der Waals surface area contributed by atoms with Gasteiger partial charge in [-0.2, -0.15) is 15.0 Å². The molecule has 3 rings (SSSR count). The molecule has 0 aliphatic carbocycles. The minimum atomic E-state index is -0.940. The number of hydrogen-bond acceptors (Lipinski definition) is 9. The van der Waals surface area contributed by atoms with Crippen LogP contribution in [0.1, 0.15) is 30.4 Å². The number of aromatic nitrogens is 3. The number of rotatable bonds is 9. The van der Waals surface area contributed by atoms with Crippen LogP contribution in [0.5, 0.6) is 5.75 Å². The summed E-state index contributed by atoms with van der Waals surface area (Å²) in [6.07, 6.45) is 0.244. The lowest BCUT2D eigenvalue weighted by molar-refractivity contribution is -0.145. The maximum Gasteiger partial charge on any atom is 0.306 e. The Morgan fingerprint density at radius 2 is 1.81 bits per heavy atom. The Kier molecular flexibility index (Phi) is 7.17. The number of carboxylic acids is 1. The summed E-state index contributed by atoms with van der Waals surface area (Å²) in [5.74, 6) is -0.675. The molecule has 1 aromatic heterocycles. The lowest BCUT2D eigenvalue weighted by atomic mass is 10.1. The van der Waals surface area contributed by atoms with Crippen molar-refractivity contribution in [1.29, 1.82) is 0 Å². The van der Waals surface area contributed by atoms with Gasteiger partial charge in [-0.05, 0) is 48.7 Å². The number of nitrogens with zero attached hydrogens (tertiary/aromatic N) is 3. The average Bonchev–Trinajstić information content (AvgIpc) is 2.74. The van der Waals surface area contributed by atoms with Crippen LogP contribution in [0.2, 0.25) is 0 Å². The first-order chi connectivity index (χ1) is 15.3. The third-order valence-corrected chi connectivity index (χ3v) is 4.50. The molecule has 3 aromatic rings. The van der Waals surface area contributed by atoms with Crippen LogP contribution in [0, 0.1) is 6.92 Å². The van der Waals surface area contributed by atoms with Crippen LogP contribution in [0.4, 0.5) is 17.6 Å². The zero-order chi connectivity index (χ0) is 23.1. The fourth-order valence-corrected chi connectivity index (χ4v) is 2.85. The number of nitrogens with two attached hydrogens (primary N) is 1. The summed E-state index contributed by atoms with van der Waals surface area (Å²) in [5.41, 5.74) is 8.81. The zero-order valence-corrected chi connectivity index (χ0v) is 17.4. The summed E-state index contributed by atoms with van der Waals surface area (Å²) in [6.45, 7) is 1.96. The Hall–Kier alpha value is -4.21. The molecular formula is C22H23N5O5. The molecule has 0 atom stereocenters. The lowest BCUT2D eigenvalue weighted by Gasteiger charge is -2.10. The SMILES string of the molecule is Cc1ccc(O)cc1-c1nc(N)nc(Nc2ccc(COC(=O)CCCC(=O)O)cc2)n1. The number of nitrogens with one attached hydrogen (secondary N) is 1. The minimum Gasteiger partial charge on any atom is -0.508 e. The molecule has 0 aliphatic heterocycles. The molecule has 0 unspecified atom stereocenters. The van der Waals surface area contributed by atoms with Crippen LogP contribution >= 0.6 is 0 Å². The van der Waals surface area contributed by atoms with E-state index >= 15 is 0 Å². The van der Waals surface area contributed by atoms with Crippen molar-refractivity contribution in [2.45, 2.75) is 32.8 Å². The largest absolute Gasteiger partial charge is 0.508 e. The number of carbonyl (C=O) groups excluding carboxylic acids is 1.